The second-order valence-corrected chi connectivity index (χ2v) is 5.26. The minimum atomic E-state index is 0.298. The second kappa shape index (κ2) is 10.4. The van der Waals surface area contributed by atoms with Crippen molar-refractivity contribution in [2.24, 2.45) is 0 Å². The zero-order valence-electron chi connectivity index (χ0n) is 11.0. The fourth-order valence-corrected chi connectivity index (χ4v) is 2.43. The summed E-state index contributed by atoms with van der Waals surface area (Å²) in [5.74, 6) is 1.08. The van der Waals surface area contributed by atoms with Crippen molar-refractivity contribution in [1.82, 2.24) is 5.32 Å². The summed E-state index contributed by atoms with van der Waals surface area (Å²) in [6.07, 6.45) is 1.97. The molecule has 0 unspecified atom stereocenters. The molecule has 102 valence electrons. The third kappa shape index (κ3) is 7.01. The molecule has 0 amide bonds. The Morgan fingerprint density at radius 3 is 2.67 bits per heavy atom. The van der Waals surface area contributed by atoms with E-state index in [-0.39, 0.29) is 0 Å². The SMILES string of the molecule is COCCNCc1ccc(SCCCCO)cc1. The third-order valence-corrected chi connectivity index (χ3v) is 3.65. The predicted octanol–water partition coefficient (Wildman–Crippen LogP) is 2.29. The summed E-state index contributed by atoms with van der Waals surface area (Å²) in [5.41, 5.74) is 1.30. The van der Waals surface area contributed by atoms with Gasteiger partial charge in [-0.3, -0.25) is 0 Å². The molecule has 0 saturated heterocycles. The van der Waals surface area contributed by atoms with Crippen LogP contribution >= 0.6 is 11.8 Å². The maximum Gasteiger partial charge on any atom is 0.0587 e. The topological polar surface area (TPSA) is 41.5 Å². The monoisotopic (exact) mass is 269 g/mol. The molecule has 0 aliphatic carbocycles. The molecule has 0 aromatic heterocycles. The predicted molar refractivity (Wildman–Crippen MR) is 77.1 cm³/mol. The lowest BCUT2D eigenvalue weighted by Gasteiger charge is -2.06. The number of hydrogen-bond acceptors (Lipinski definition) is 4. The van der Waals surface area contributed by atoms with Crippen molar-refractivity contribution in [2.75, 3.05) is 32.6 Å². The molecule has 0 radical (unpaired) electrons. The number of ether oxygens (including phenoxy) is 1. The molecule has 1 rings (SSSR count). The lowest BCUT2D eigenvalue weighted by Crippen LogP contribution is -2.18. The van der Waals surface area contributed by atoms with E-state index in [1.165, 1.54) is 10.5 Å². The summed E-state index contributed by atoms with van der Waals surface area (Å²) in [6.45, 7) is 2.82. The zero-order valence-corrected chi connectivity index (χ0v) is 11.8. The Morgan fingerprint density at radius 1 is 1.22 bits per heavy atom. The molecular formula is C14H23NO2S. The van der Waals surface area contributed by atoms with E-state index >= 15 is 0 Å². The van der Waals surface area contributed by atoms with Gasteiger partial charge in [0.05, 0.1) is 6.61 Å². The summed E-state index contributed by atoms with van der Waals surface area (Å²) < 4.78 is 4.98. The van der Waals surface area contributed by atoms with Gasteiger partial charge in [0.25, 0.3) is 0 Å². The van der Waals surface area contributed by atoms with Crippen molar-refractivity contribution in [3.63, 3.8) is 0 Å². The Labute approximate surface area is 114 Å². The standard InChI is InChI=1S/C14H23NO2S/c1-17-10-8-15-12-13-4-6-14(7-5-13)18-11-3-2-9-16/h4-7,15-16H,2-3,8-12H2,1H3. The van der Waals surface area contributed by atoms with Gasteiger partial charge in [0, 0.05) is 31.7 Å². The summed E-state index contributed by atoms with van der Waals surface area (Å²) in [6, 6.07) is 8.65. The quantitative estimate of drug-likeness (QED) is 0.505. The minimum absolute atomic E-state index is 0.298. The first-order valence-electron chi connectivity index (χ1n) is 6.39. The van der Waals surface area contributed by atoms with Gasteiger partial charge in [-0.05, 0) is 36.3 Å². The van der Waals surface area contributed by atoms with Crippen LogP contribution in [-0.4, -0.2) is 37.7 Å². The first kappa shape index (κ1) is 15.5. The fraction of sp³-hybridized carbons (Fsp3) is 0.571. The number of nitrogens with one attached hydrogen (secondary N) is 1. The highest BCUT2D eigenvalue weighted by molar-refractivity contribution is 7.99. The van der Waals surface area contributed by atoms with Crippen molar-refractivity contribution in [2.45, 2.75) is 24.3 Å². The highest BCUT2D eigenvalue weighted by Gasteiger charge is 1.96. The molecule has 0 fully saturated rings. The Balaban J connectivity index is 2.20. The molecule has 1 aromatic carbocycles. The Hall–Kier alpha value is -0.550. The molecule has 0 aliphatic rings. The maximum absolute atomic E-state index is 8.70. The van der Waals surface area contributed by atoms with E-state index in [2.05, 4.69) is 29.6 Å². The molecule has 3 nitrogen and oxygen atoms in total. The largest absolute Gasteiger partial charge is 0.396 e. The molecule has 2 N–H and O–H groups in total. The average molecular weight is 269 g/mol. The van der Waals surface area contributed by atoms with Crippen LogP contribution in [0.5, 0.6) is 0 Å². The van der Waals surface area contributed by atoms with Gasteiger partial charge in [-0.15, -0.1) is 11.8 Å². The molecular weight excluding hydrogens is 246 g/mol. The van der Waals surface area contributed by atoms with Crippen LogP contribution in [-0.2, 0) is 11.3 Å². The van der Waals surface area contributed by atoms with Crippen molar-refractivity contribution in [3.8, 4) is 0 Å². The summed E-state index contributed by atoms with van der Waals surface area (Å²) in [4.78, 5) is 1.30. The van der Waals surface area contributed by atoms with Gasteiger partial charge in [-0.1, -0.05) is 12.1 Å². The number of unbranched alkanes of at least 4 members (excludes halogenated alkanes) is 1. The van der Waals surface area contributed by atoms with Crippen LogP contribution < -0.4 is 5.32 Å². The van der Waals surface area contributed by atoms with Gasteiger partial charge in [0.15, 0.2) is 0 Å². The maximum atomic E-state index is 8.70. The van der Waals surface area contributed by atoms with E-state index < -0.39 is 0 Å². The first-order chi connectivity index (χ1) is 8.86. The van der Waals surface area contributed by atoms with E-state index in [1.54, 1.807) is 7.11 Å². The molecule has 0 heterocycles. The summed E-state index contributed by atoms with van der Waals surface area (Å²) in [5, 5.41) is 12.0. The Bertz CT molecular complexity index is 272. The summed E-state index contributed by atoms with van der Waals surface area (Å²) in [7, 11) is 1.71. The van der Waals surface area contributed by atoms with Crippen molar-refractivity contribution in [3.05, 3.63) is 29.8 Å². The highest BCUT2D eigenvalue weighted by Crippen LogP contribution is 2.19. The Morgan fingerprint density at radius 2 is 2.00 bits per heavy atom. The lowest BCUT2D eigenvalue weighted by atomic mass is 10.2. The van der Waals surface area contributed by atoms with Gasteiger partial charge in [-0.25, -0.2) is 0 Å². The van der Waals surface area contributed by atoms with Gasteiger partial charge in [0.2, 0.25) is 0 Å². The van der Waals surface area contributed by atoms with E-state index in [0.717, 1.165) is 38.3 Å². The van der Waals surface area contributed by atoms with Gasteiger partial charge in [0.1, 0.15) is 0 Å². The van der Waals surface area contributed by atoms with Gasteiger partial charge >= 0.3 is 0 Å². The number of aliphatic hydroxyl groups is 1. The van der Waals surface area contributed by atoms with Crippen LogP contribution in [0.15, 0.2) is 29.2 Å². The smallest absolute Gasteiger partial charge is 0.0587 e. The number of rotatable bonds is 10. The molecule has 0 bridgehead atoms. The average Bonchev–Trinajstić information content (AvgIpc) is 2.41. The van der Waals surface area contributed by atoms with Gasteiger partial charge < -0.3 is 15.2 Å². The fourth-order valence-electron chi connectivity index (χ4n) is 1.51. The molecule has 1 aromatic rings. The molecule has 0 spiro atoms. The minimum Gasteiger partial charge on any atom is -0.396 e. The van der Waals surface area contributed by atoms with Crippen LogP contribution in [0.4, 0.5) is 0 Å². The van der Waals surface area contributed by atoms with Crippen LogP contribution in [0, 0.1) is 0 Å². The third-order valence-electron chi connectivity index (χ3n) is 2.56. The summed E-state index contributed by atoms with van der Waals surface area (Å²) >= 11 is 1.85. The lowest BCUT2D eigenvalue weighted by molar-refractivity contribution is 0.199. The number of aliphatic hydroxyl groups excluding tert-OH is 1. The molecule has 4 heteroatoms. The Kier molecular flexibility index (Phi) is 8.94. The highest BCUT2D eigenvalue weighted by atomic mass is 32.2. The second-order valence-electron chi connectivity index (χ2n) is 4.09. The van der Waals surface area contributed by atoms with E-state index in [4.69, 9.17) is 9.84 Å². The van der Waals surface area contributed by atoms with E-state index in [1.807, 2.05) is 11.8 Å². The number of thioether (sulfide) groups is 1. The van der Waals surface area contributed by atoms with Crippen LogP contribution in [0.25, 0.3) is 0 Å². The number of benzene rings is 1. The molecule has 0 aliphatic heterocycles. The van der Waals surface area contributed by atoms with Gasteiger partial charge in [-0.2, -0.15) is 0 Å². The normalized spacial score (nSPS) is 10.8. The van der Waals surface area contributed by atoms with Crippen molar-refractivity contribution < 1.29 is 9.84 Å². The van der Waals surface area contributed by atoms with Crippen molar-refractivity contribution >= 4 is 11.8 Å². The zero-order chi connectivity index (χ0) is 13.1. The van der Waals surface area contributed by atoms with E-state index in [9.17, 15) is 0 Å². The number of hydrogen-bond donors (Lipinski definition) is 2. The van der Waals surface area contributed by atoms with Crippen LogP contribution in [0.2, 0.25) is 0 Å². The number of methoxy groups -OCH3 is 1. The molecule has 18 heavy (non-hydrogen) atoms. The van der Waals surface area contributed by atoms with Crippen LogP contribution in [0.3, 0.4) is 0 Å². The van der Waals surface area contributed by atoms with E-state index in [0.29, 0.717) is 6.61 Å². The molecule has 0 atom stereocenters. The van der Waals surface area contributed by atoms with Crippen LogP contribution in [0.1, 0.15) is 18.4 Å². The van der Waals surface area contributed by atoms with Crippen molar-refractivity contribution in [1.29, 1.82) is 0 Å². The molecule has 0 saturated carbocycles. The first-order valence-corrected chi connectivity index (χ1v) is 7.37.